The summed E-state index contributed by atoms with van der Waals surface area (Å²) in [5.41, 5.74) is -1.38. The SMILES string of the molecule is Cc1ccc(COCC(F)(F)F)c(N2C(=O)CS/C2=N\C(=O)Nc2ccc(-c3ncn(-c4cc(C(F)(F)F)cc(C(F)(F)F)c4)n3)cc2C)c1. The van der Waals surface area contributed by atoms with Crippen LogP contribution in [0.5, 0.6) is 0 Å². The van der Waals surface area contributed by atoms with Crippen molar-refractivity contribution in [1.82, 2.24) is 14.8 Å². The molecule has 9 nitrogen and oxygen atoms in total. The minimum atomic E-state index is -5.05. The number of carbonyl (C=O) groups is 2. The van der Waals surface area contributed by atoms with Gasteiger partial charge in [-0.05, 0) is 67.4 Å². The van der Waals surface area contributed by atoms with E-state index in [4.69, 9.17) is 4.74 Å². The number of hydrogen-bond donors (Lipinski definition) is 1. The predicted molar refractivity (Wildman–Crippen MR) is 165 cm³/mol. The van der Waals surface area contributed by atoms with Gasteiger partial charge < -0.3 is 10.1 Å². The Hall–Kier alpha value is -4.91. The quantitative estimate of drug-likeness (QED) is 0.192. The van der Waals surface area contributed by atoms with Crippen LogP contribution in [-0.2, 0) is 28.5 Å². The van der Waals surface area contributed by atoms with Crippen LogP contribution in [0, 0.1) is 13.8 Å². The molecule has 0 saturated carbocycles. The molecule has 50 heavy (non-hydrogen) atoms. The van der Waals surface area contributed by atoms with Crippen LogP contribution in [0.25, 0.3) is 17.1 Å². The van der Waals surface area contributed by atoms with Gasteiger partial charge in [-0.25, -0.2) is 14.5 Å². The molecule has 1 aliphatic rings. The van der Waals surface area contributed by atoms with E-state index in [1.807, 2.05) is 0 Å². The number of nitrogens with one attached hydrogen (secondary N) is 1. The van der Waals surface area contributed by atoms with Crippen molar-refractivity contribution in [3.63, 3.8) is 0 Å². The molecule has 0 bridgehead atoms. The van der Waals surface area contributed by atoms with Gasteiger partial charge in [0.1, 0.15) is 12.9 Å². The molecule has 1 saturated heterocycles. The molecule has 19 heteroatoms. The summed E-state index contributed by atoms with van der Waals surface area (Å²) >= 11 is 0.945. The van der Waals surface area contributed by atoms with Crippen LogP contribution in [0.4, 0.5) is 55.7 Å². The highest BCUT2D eigenvalue weighted by Gasteiger charge is 2.37. The summed E-state index contributed by atoms with van der Waals surface area (Å²) in [6.45, 7) is 1.34. The van der Waals surface area contributed by atoms with E-state index in [0.717, 1.165) is 27.7 Å². The zero-order valence-corrected chi connectivity index (χ0v) is 26.5. The Morgan fingerprint density at radius 3 is 2.24 bits per heavy atom. The number of nitrogens with zero attached hydrogens (tertiary/aromatic N) is 5. The number of amidine groups is 1. The van der Waals surface area contributed by atoms with Crippen LogP contribution in [0.3, 0.4) is 0 Å². The van der Waals surface area contributed by atoms with E-state index in [1.54, 1.807) is 26.0 Å². The number of thioether (sulfide) groups is 1. The summed E-state index contributed by atoms with van der Waals surface area (Å²) in [5.74, 6) is -0.591. The maximum atomic E-state index is 13.3. The Balaban J connectivity index is 1.34. The average Bonchev–Trinajstić information content (AvgIpc) is 3.64. The summed E-state index contributed by atoms with van der Waals surface area (Å²) < 4.78 is 123. The molecular formula is C31H23F9N6O3S. The molecule has 4 aromatic rings. The van der Waals surface area contributed by atoms with Gasteiger partial charge in [0.25, 0.3) is 0 Å². The molecule has 0 aliphatic carbocycles. The third kappa shape index (κ3) is 8.62. The molecule has 264 valence electrons. The van der Waals surface area contributed by atoms with Gasteiger partial charge >= 0.3 is 24.6 Å². The second-order valence-corrected chi connectivity index (χ2v) is 11.8. The largest absolute Gasteiger partial charge is 0.416 e. The Morgan fingerprint density at radius 2 is 1.62 bits per heavy atom. The Morgan fingerprint density at radius 1 is 0.940 bits per heavy atom. The summed E-state index contributed by atoms with van der Waals surface area (Å²) in [6, 6.07) is 9.24. The number of rotatable bonds is 7. The van der Waals surface area contributed by atoms with E-state index < -0.39 is 60.5 Å². The number of urea groups is 1. The Bertz CT molecular complexity index is 1940. The zero-order chi connectivity index (χ0) is 36.6. The number of anilines is 2. The van der Waals surface area contributed by atoms with Crippen LogP contribution >= 0.6 is 11.8 Å². The molecule has 3 amide bonds. The number of aliphatic imine (C=N–C) groups is 1. The smallest absolute Gasteiger partial charge is 0.367 e. The number of aromatic nitrogens is 3. The first kappa shape index (κ1) is 36.4. The van der Waals surface area contributed by atoms with Crippen molar-refractivity contribution >= 4 is 40.2 Å². The van der Waals surface area contributed by atoms with Gasteiger partial charge in [0, 0.05) is 16.8 Å². The van der Waals surface area contributed by atoms with Gasteiger partial charge in [0.2, 0.25) is 5.91 Å². The lowest BCUT2D eigenvalue weighted by molar-refractivity contribution is -0.176. The van der Waals surface area contributed by atoms with Gasteiger partial charge in [-0.15, -0.1) is 5.10 Å². The van der Waals surface area contributed by atoms with Crippen molar-refractivity contribution in [2.45, 2.75) is 39.0 Å². The van der Waals surface area contributed by atoms with E-state index in [0.29, 0.717) is 28.8 Å². The fourth-order valence-corrected chi connectivity index (χ4v) is 5.58. The molecule has 2 heterocycles. The highest BCUT2D eigenvalue weighted by molar-refractivity contribution is 8.15. The molecular weight excluding hydrogens is 707 g/mol. The predicted octanol–water partition coefficient (Wildman–Crippen LogP) is 8.34. The minimum Gasteiger partial charge on any atom is -0.367 e. The maximum Gasteiger partial charge on any atom is 0.416 e. The van der Waals surface area contributed by atoms with Gasteiger partial charge in [-0.2, -0.15) is 44.5 Å². The van der Waals surface area contributed by atoms with Crippen LogP contribution in [0.15, 0.2) is 65.9 Å². The van der Waals surface area contributed by atoms with Crippen molar-refractivity contribution in [2.75, 3.05) is 22.6 Å². The molecule has 0 spiro atoms. The van der Waals surface area contributed by atoms with Gasteiger partial charge in [0.15, 0.2) is 11.0 Å². The zero-order valence-electron chi connectivity index (χ0n) is 25.7. The molecule has 3 aromatic carbocycles. The van der Waals surface area contributed by atoms with Crippen molar-refractivity contribution in [3.8, 4) is 17.1 Å². The second kappa shape index (κ2) is 13.8. The van der Waals surface area contributed by atoms with Crippen LogP contribution in [0.2, 0.25) is 0 Å². The topological polar surface area (TPSA) is 102 Å². The molecule has 5 rings (SSSR count). The second-order valence-electron chi connectivity index (χ2n) is 10.9. The third-order valence-corrected chi connectivity index (χ3v) is 7.95. The highest BCUT2D eigenvalue weighted by atomic mass is 32.2. The first-order valence-corrected chi connectivity index (χ1v) is 15.2. The lowest BCUT2D eigenvalue weighted by Gasteiger charge is -2.21. The number of hydrogen-bond acceptors (Lipinski definition) is 6. The number of alkyl halides is 9. The summed E-state index contributed by atoms with van der Waals surface area (Å²) in [6.07, 6.45) is -13.7. The molecule has 0 atom stereocenters. The van der Waals surface area contributed by atoms with Crippen molar-refractivity contribution < 1.29 is 53.8 Å². The maximum absolute atomic E-state index is 13.3. The number of benzene rings is 3. The number of aryl methyl sites for hydroxylation is 2. The monoisotopic (exact) mass is 730 g/mol. The summed E-state index contributed by atoms with van der Waals surface area (Å²) in [7, 11) is 0. The number of halogens is 9. The Kier molecular flexibility index (Phi) is 10.0. The first-order chi connectivity index (χ1) is 23.3. The molecule has 0 radical (unpaired) electrons. The van der Waals surface area contributed by atoms with Crippen LogP contribution in [-0.4, -0.2) is 50.4 Å². The highest BCUT2D eigenvalue weighted by Crippen LogP contribution is 2.37. The molecule has 1 aliphatic heterocycles. The van der Waals surface area contributed by atoms with Crippen molar-refractivity contribution in [3.05, 3.63) is 88.7 Å². The summed E-state index contributed by atoms with van der Waals surface area (Å²) in [4.78, 5) is 34.9. The van der Waals surface area contributed by atoms with Gasteiger partial charge in [-0.1, -0.05) is 23.9 Å². The number of ether oxygens (including phenoxy) is 1. The summed E-state index contributed by atoms with van der Waals surface area (Å²) in [5, 5.41) is 6.58. The van der Waals surface area contributed by atoms with E-state index in [9.17, 15) is 49.1 Å². The minimum absolute atomic E-state index is 0.000949. The molecule has 0 unspecified atom stereocenters. The van der Waals surface area contributed by atoms with Crippen LogP contribution in [0.1, 0.15) is 27.8 Å². The fourth-order valence-electron chi connectivity index (χ4n) is 4.73. The number of carbonyl (C=O) groups excluding carboxylic acids is 2. The average molecular weight is 731 g/mol. The normalized spacial score (nSPS) is 14.9. The van der Waals surface area contributed by atoms with Gasteiger partial charge in [-0.3, -0.25) is 9.69 Å². The van der Waals surface area contributed by atoms with E-state index in [1.165, 1.54) is 24.3 Å². The molecule has 1 N–H and O–H groups in total. The lowest BCUT2D eigenvalue weighted by Crippen LogP contribution is -2.31. The van der Waals surface area contributed by atoms with E-state index in [-0.39, 0.29) is 39.7 Å². The van der Waals surface area contributed by atoms with Crippen molar-refractivity contribution in [2.24, 2.45) is 4.99 Å². The lowest BCUT2D eigenvalue weighted by atomic mass is 10.1. The van der Waals surface area contributed by atoms with E-state index in [2.05, 4.69) is 20.4 Å². The fraction of sp³-hybridized carbons (Fsp3) is 0.258. The molecule has 1 aromatic heterocycles. The first-order valence-electron chi connectivity index (χ1n) is 14.2. The standard InChI is InChI=1S/C31H23F9N6O3S/c1-16-3-4-19(12-49-14-29(32,33)34)24(7-16)46-25(47)13-50-28(46)43-27(48)42-23-6-5-18(8-17(23)2)26-41-15-45(44-26)22-10-20(30(35,36)37)9-21(11-22)31(38,39)40/h3-11,15H,12-14H2,1-2H3,(H,42,48)/b43-28-. The number of amides is 3. The Labute approximate surface area is 281 Å². The van der Waals surface area contributed by atoms with Crippen molar-refractivity contribution in [1.29, 1.82) is 0 Å². The van der Waals surface area contributed by atoms with Gasteiger partial charge in [0.05, 0.1) is 34.9 Å². The third-order valence-electron chi connectivity index (χ3n) is 7.02. The van der Waals surface area contributed by atoms with E-state index >= 15 is 0 Å². The van der Waals surface area contributed by atoms with Crippen LogP contribution < -0.4 is 10.2 Å². The molecule has 1 fully saturated rings.